The van der Waals surface area contributed by atoms with Gasteiger partial charge in [0.05, 0.1) is 27.9 Å². The molecule has 0 saturated carbocycles. The van der Waals surface area contributed by atoms with Crippen molar-refractivity contribution < 1.29 is 33.3 Å². The molecule has 0 aliphatic carbocycles. The minimum absolute atomic E-state index is 0.154. The third kappa shape index (κ3) is 7.09. The number of aryl methyl sites for hydroxylation is 1. The van der Waals surface area contributed by atoms with Crippen LogP contribution in [0.15, 0.2) is 36.4 Å². The zero-order valence-corrected chi connectivity index (χ0v) is 18.4. The number of ether oxygens (including phenoxy) is 5. The molecule has 0 unspecified atom stereocenters. The summed E-state index contributed by atoms with van der Waals surface area (Å²) in [6.07, 6.45) is 0.625. The van der Waals surface area contributed by atoms with Crippen LogP contribution in [-0.2, 0) is 27.3 Å². The van der Waals surface area contributed by atoms with Crippen molar-refractivity contribution in [2.24, 2.45) is 0 Å². The van der Waals surface area contributed by atoms with Gasteiger partial charge < -0.3 is 29.0 Å². The Morgan fingerprint density at radius 2 is 1.55 bits per heavy atom. The van der Waals surface area contributed by atoms with Gasteiger partial charge in [0, 0.05) is 24.6 Å². The number of carbonyl (C=O) groups excluding carboxylic acids is 2. The molecule has 0 fully saturated rings. The number of benzene rings is 2. The summed E-state index contributed by atoms with van der Waals surface area (Å²) >= 11 is 0. The standard InChI is InChI=1S/C23H29NO7/c1-5-30-18-9-7-6-8-16(18)10-11-23(26)31-15-22(25)24-14-17-12-20(28-3)21(29-4)13-19(17)27-2/h6-9,12-13H,5,10-11,14-15H2,1-4H3,(H,24,25). The molecule has 8 nitrogen and oxygen atoms in total. The van der Waals surface area contributed by atoms with Crippen LogP contribution in [0.3, 0.4) is 0 Å². The second-order valence-corrected chi connectivity index (χ2v) is 6.50. The van der Waals surface area contributed by atoms with Gasteiger partial charge in [0.1, 0.15) is 11.5 Å². The summed E-state index contributed by atoms with van der Waals surface area (Å²) in [5.41, 5.74) is 1.62. The number of methoxy groups -OCH3 is 3. The molecular formula is C23H29NO7. The first-order chi connectivity index (χ1) is 15.0. The predicted molar refractivity (Wildman–Crippen MR) is 115 cm³/mol. The molecule has 168 valence electrons. The average Bonchev–Trinajstić information content (AvgIpc) is 2.80. The molecule has 2 aromatic carbocycles. The van der Waals surface area contributed by atoms with E-state index < -0.39 is 11.9 Å². The predicted octanol–water partition coefficient (Wildman–Crippen LogP) is 2.90. The molecule has 1 amide bonds. The molecule has 1 N–H and O–H groups in total. The van der Waals surface area contributed by atoms with Gasteiger partial charge in [-0.2, -0.15) is 0 Å². The van der Waals surface area contributed by atoms with Gasteiger partial charge in [-0.05, 0) is 31.0 Å². The van der Waals surface area contributed by atoms with E-state index in [-0.39, 0.29) is 19.6 Å². The van der Waals surface area contributed by atoms with E-state index in [0.29, 0.717) is 35.8 Å². The lowest BCUT2D eigenvalue weighted by Crippen LogP contribution is -2.28. The van der Waals surface area contributed by atoms with Crippen molar-refractivity contribution in [1.29, 1.82) is 0 Å². The Morgan fingerprint density at radius 1 is 0.871 bits per heavy atom. The van der Waals surface area contributed by atoms with Gasteiger partial charge in [-0.1, -0.05) is 18.2 Å². The molecule has 0 radical (unpaired) electrons. The van der Waals surface area contributed by atoms with Gasteiger partial charge in [-0.15, -0.1) is 0 Å². The van der Waals surface area contributed by atoms with Crippen molar-refractivity contribution in [2.75, 3.05) is 34.5 Å². The molecule has 0 aliphatic heterocycles. The van der Waals surface area contributed by atoms with Crippen LogP contribution in [0.2, 0.25) is 0 Å². The number of rotatable bonds is 12. The highest BCUT2D eigenvalue weighted by Crippen LogP contribution is 2.34. The van der Waals surface area contributed by atoms with E-state index in [4.69, 9.17) is 23.7 Å². The third-order valence-corrected chi connectivity index (χ3v) is 4.50. The number of nitrogens with one attached hydrogen (secondary N) is 1. The molecule has 0 atom stereocenters. The van der Waals surface area contributed by atoms with E-state index in [1.54, 1.807) is 12.1 Å². The van der Waals surface area contributed by atoms with E-state index >= 15 is 0 Å². The Morgan fingerprint density at radius 3 is 2.23 bits per heavy atom. The van der Waals surface area contributed by atoms with Crippen molar-refractivity contribution in [3.8, 4) is 23.0 Å². The van der Waals surface area contributed by atoms with Crippen LogP contribution in [-0.4, -0.2) is 46.4 Å². The summed E-state index contributed by atoms with van der Waals surface area (Å²) in [6.45, 7) is 2.27. The third-order valence-electron chi connectivity index (χ3n) is 4.50. The number of para-hydroxylation sites is 1. The number of amides is 1. The molecule has 31 heavy (non-hydrogen) atoms. The summed E-state index contributed by atoms with van der Waals surface area (Å²) in [6, 6.07) is 10.9. The second-order valence-electron chi connectivity index (χ2n) is 6.50. The van der Waals surface area contributed by atoms with Crippen LogP contribution in [0, 0.1) is 0 Å². The fourth-order valence-electron chi connectivity index (χ4n) is 2.94. The molecule has 2 rings (SSSR count). The quantitative estimate of drug-likeness (QED) is 0.517. The van der Waals surface area contributed by atoms with Gasteiger partial charge in [0.15, 0.2) is 18.1 Å². The fraction of sp³-hybridized carbons (Fsp3) is 0.391. The van der Waals surface area contributed by atoms with Crippen LogP contribution in [0.1, 0.15) is 24.5 Å². The van der Waals surface area contributed by atoms with Crippen LogP contribution >= 0.6 is 0 Å². The molecule has 0 bridgehead atoms. The monoisotopic (exact) mass is 431 g/mol. The molecule has 0 saturated heterocycles. The maximum absolute atomic E-state index is 12.1. The van der Waals surface area contributed by atoms with Crippen LogP contribution < -0.4 is 24.3 Å². The van der Waals surface area contributed by atoms with Crippen molar-refractivity contribution in [3.05, 3.63) is 47.5 Å². The molecule has 0 spiro atoms. The van der Waals surface area contributed by atoms with E-state index in [2.05, 4.69) is 5.32 Å². The Hall–Kier alpha value is -3.42. The van der Waals surface area contributed by atoms with Gasteiger partial charge in [-0.3, -0.25) is 9.59 Å². The van der Waals surface area contributed by atoms with Gasteiger partial charge in [-0.25, -0.2) is 0 Å². The van der Waals surface area contributed by atoms with Gasteiger partial charge in [0.2, 0.25) is 0 Å². The summed E-state index contributed by atoms with van der Waals surface area (Å²) in [5.74, 6) is 1.47. The van der Waals surface area contributed by atoms with E-state index in [1.807, 2.05) is 31.2 Å². The van der Waals surface area contributed by atoms with Crippen LogP contribution in [0.25, 0.3) is 0 Å². The molecule has 8 heteroatoms. The lowest BCUT2D eigenvalue weighted by atomic mass is 10.1. The lowest BCUT2D eigenvalue weighted by Gasteiger charge is -2.14. The largest absolute Gasteiger partial charge is 0.496 e. The zero-order valence-electron chi connectivity index (χ0n) is 18.4. The summed E-state index contributed by atoms with van der Waals surface area (Å²) in [4.78, 5) is 24.1. The van der Waals surface area contributed by atoms with E-state index in [1.165, 1.54) is 21.3 Å². The molecular weight excluding hydrogens is 402 g/mol. The summed E-state index contributed by atoms with van der Waals surface area (Å²) in [7, 11) is 4.58. The Balaban J connectivity index is 1.82. The maximum atomic E-state index is 12.1. The minimum atomic E-state index is -0.454. The lowest BCUT2D eigenvalue weighted by molar-refractivity contribution is -0.148. The number of esters is 1. The molecule has 2 aromatic rings. The first-order valence-corrected chi connectivity index (χ1v) is 9.94. The summed E-state index contributed by atoms with van der Waals surface area (Å²) in [5, 5.41) is 2.70. The van der Waals surface area contributed by atoms with Crippen molar-refractivity contribution in [2.45, 2.75) is 26.3 Å². The first-order valence-electron chi connectivity index (χ1n) is 9.94. The minimum Gasteiger partial charge on any atom is -0.496 e. The number of carbonyl (C=O) groups is 2. The fourth-order valence-corrected chi connectivity index (χ4v) is 2.94. The second kappa shape index (κ2) is 12.3. The highest BCUT2D eigenvalue weighted by atomic mass is 16.5. The Kier molecular flexibility index (Phi) is 9.48. The molecule has 0 heterocycles. The highest BCUT2D eigenvalue weighted by molar-refractivity contribution is 5.80. The van der Waals surface area contributed by atoms with E-state index in [0.717, 1.165) is 11.3 Å². The topological polar surface area (TPSA) is 92.3 Å². The van der Waals surface area contributed by atoms with Crippen molar-refractivity contribution >= 4 is 11.9 Å². The smallest absolute Gasteiger partial charge is 0.306 e. The summed E-state index contributed by atoms with van der Waals surface area (Å²) < 4.78 is 26.5. The zero-order chi connectivity index (χ0) is 22.6. The van der Waals surface area contributed by atoms with E-state index in [9.17, 15) is 9.59 Å². The van der Waals surface area contributed by atoms with Crippen molar-refractivity contribution in [3.63, 3.8) is 0 Å². The highest BCUT2D eigenvalue weighted by Gasteiger charge is 2.14. The average molecular weight is 431 g/mol. The van der Waals surface area contributed by atoms with Gasteiger partial charge in [0.25, 0.3) is 5.91 Å². The van der Waals surface area contributed by atoms with Gasteiger partial charge >= 0.3 is 5.97 Å². The number of hydrogen-bond donors (Lipinski definition) is 1. The SMILES string of the molecule is CCOc1ccccc1CCC(=O)OCC(=O)NCc1cc(OC)c(OC)cc1OC. The first kappa shape index (κ1) is 23.9. The molecule has 0 aliphatic rings. The van der Waals surface area contributed by atoms with Crippen molar-refractivity contribution in [1.82, 2.24) is 5.32 Å². The normalized spacial score (nSPS) is 10.2. The van der Waals surface area contributed by atoms with Crippen LogP contribution in [0.5, 0.6) is 23.0 Å². The Bertz CT molecular complexity index is 882. The maximum Gasteiger partial charge on any atom is 0.306 e. The Labute approximate surface area is 182 Å². The van der Waals surface area contributed by atoms with Crippen LogP contribution in [0.4, 0.5) is 0 Å². The number of hydrogen-bond acceptors (Lipinski definition) is 7. The molecule has 0 aromatic heterocycles.